The van der Waals surface area contributed by atoms with Crippen molar-refractivity contribution in [2.24, 2.45) is 11.3 Å². The van der Waals surface area contributed by atoms with Crippen LogP contribution >= 0.6 is 11.3 Å². The molecule has 1 saturated carbocycles. The molecule has 20 heavy (non-hydrogen) atoms. The topological polar surface area (TPSA) is 12.0 Å². The molecule has 0 radical (unpaired) electrons. The van der Waals surface area contributed by atoms with Gasteiger partial charge in [-0.2, -0.15) is 0 Å². The van der Waals surface area contributed by atoms with Crippen molar-refractivity contribution in [2.75, 3.05) is 6.54 Å². The van der Waals surface area contributed by atoms with Crippen molar-refractivity contribution in [3.63, 3.8) is 0 Å². The van der Waals surface area contributed by atoms with E-state index in [1.165, 1.54) is 51.5 Å². The first-order valence-electron chi connectivity index (χ1n) is 8.39. The molecule has 1 aromatic heterocycles. The Morgan fingerprint density at radius 2 is 2.25 bits per heavy atom. The van der Waals surface area contributed by atoms with E-state index in [2.05, 4.69) is 43.6 Å². The number of aryl methyl sites for hydroxylation is 1. The van der Waals surface area contributed by atoms with E-state index in [0.717, 1.165) is 5.92 Å². The summed E-state index contributed by atoms with van der Waals surface area (Å²) in [6.07, 6.45) is 9.45. The summed E-state index contributed by atoms with van der Waals surface area (Å²) in [5, 5.41) is 6.06. The molecule has 1 aliphatic rings. The van der Waals surface area contributed by atoms with Gasteiger partial charge in [0, 0.05) is 10.9 Å². The van der Waals surface area contributed by atoms with Crippen molar-refractivity contribution in [1.82, 2.24) is 5.32 Å². The molecule has 1 aromatic rings. The first-order chi connectivity index (χ1) is 9.63. The fourth-order valence-electron chi connectivity index (χ4n) is 3.79. The minimum atomic E-state index is 0.513. The summed E-state index contributed by atoms with van der Waals surface area (Å²) in [5.41, 5.74) is 0.513. The fraction of sp³-hybridized carbons (Fsp3) is 0.778. The van der Waals surface area contributed by atoms with Gasteiger partial charge in [0.15, 0.2) is 0 Å². The highest BCUT2D eigenvalue weighted by Crippen LogP contribution is 2.43. The minimum Gasteiger partial charge on any atom is -0.314 e. The summed E-state index contributed by atoms with van der Waals surface area (Å²) >= 11 is 1.91. The Kier molecular flexibility index (Phi) is 6.10. The van der Waals surface area contributed by atoms with Gasteiger partial charge < -0.3 is 5.32 Å². The van der Waals surface area contributed by atoms with E-state index in [1.54, 1.807) is 4.88 Å². The molecule has 0 spiro atoms. The molecule has 2 unspecified atom stereocenters. The summed E-state index contributed by atoms with van der Waals surface area (Å²) in [7, 11) is 0. The molecule has 0 saturated heterocycles. The van der Waals surface area contributed by atoms with Crippen LogP contribution in [0.2, 0.25) is 0 Å². The Bertz CT molecular complexity index is 369. The summed E-state index contributed by atoms with van der Waals surface area (Å²) in [6.45, 7) is 8.42. The average Bonchev–Trinajstić information content (AvgIpc) is 2.92. The van der Waals surface area contributed by atoms with Gasteiger partial charge in [-0.25, -0.2) is 0 Å². The number of nitrogens with one attached hydrogen (secondary N) is 1. The van der Waals surface area contributed by atoms with Gasteiger partial charge in [0.2, 0.25) is 0 Å². The molecule has 0 aromatic carbocycles. The quantitative estimate of drug-likeness (QED) is 0.722. The van der Waals surface area contributed by atoms with Crippen molar-refractivity contribution < 1.29 is 0 Å². The first-order valence-corrected chi connectivity index (χ1v) is 9.27. The van der Waals surface area contributed by atoms with E-state index >= 15 is 0 Å². The summed E-state index contributed by atoms with van der Waals surface area (Å²) in [6, 6.07) is 5.17. The van der Waals surface area contributed by atoms with Crippen molar-refractivity contribution >= 4 is 11.3 Å². The Morgan fingerprint density at radius 1 is 1.40 bits per heavy atom. The smallest absolute Gasteiger partial charge is 0.0104 e. The zero-order valence-electron chi connectivity index (χ0n) is 13.5. The van der Waals surface area contributed by atoms with Crippen molar-refractivity contribution in [1.29, 1.82) is 0 Å². The van der Waals surface area contributed by atoms with Crippen LogP contribution in [0, 0.1) is 11.3 Å². The highest BCUT2D eigenvalue weighted by atomic mass is 32.1. The minimum absolute atomic E-state index is 0.513. The molecule has 1 N–H and O–H groups in total. The third-order valence-electron chi connectivity index (χ3n) is 5.01. The SMILES string of the molecule is CCCNC(CCc1cccs1)C1CCCCC1(C)C. The average molecular weight is 294 g/mol. The Hall–Kier alpha value is -0.340. The van der Waals surface area contributed by atoms with Crippen molar-refractivity contribution in [3.8, 4) is 0 Å². The van der Waals surface area contributed by atoms with Gasteiger partial charge in [0.25, 0.3) is 0 Å². The summed E-state index contributed by atoms with van der Waals surface area (Å²) in [4.78, 5) is 1.54. The highest BCUT2D eigenvalue weighted by Gasteiger charge is 2.36. The second kappa shape index (κ2) is 7.61. The van der Waals surface area contributed by atoms with Crippen LogP contribution in [-0.2, 0) is 6.42 Å². The molecule has 1 nitrogen and oxygen atoms in total. The Labute approximate surface area is 129 Å². The zero-order chi connectivity index (χ0) is 14.4. The fourth-order valence-corrected chi connectivity index (χ4v) is 4.52. The molecule has 1 heterocycles. The predicted octanol–water partition coefficient (Wildman–Crippen LogP) is 5.27. The van der Waals surface area contributed by atoms with E-state index in [9.17, 15) is 0 Å². The largest absolute Gasteiger partial charge is 0.314 e. The van der Waals surface area contributed by atoms with Gasteiger partial charge in [0.1, 0.15) is 0 Å². The normalized spacial score (nSPS) is 23.6. The molecule has 114 valence electrons. The van der Waals surface area contributed by atoms with Crippen LogP contribution < -0.4 is 5.32 Å². The summed E-state index contributed by atoms with van der Waals surface area (Å²) in [5.74, 6) is 0.850. The lowest BCUT2D eigenvalue weighted by Crippen LogP contribution is -2.45. The molecule has 0 aliphatic heterocycles. The predicted molar refractivity (Wildman–Crippen MR) is 90.5 cm³/mol. The molecule has 2 atom stereocenters. The van der Waals surface area contributed by atoms with Gasteiger partial charge in [-0.05, 0) is 61.4 Å². The van der Waals surface area contributed by atoms with Crippen LogP contribution in [0.3, 0.4) is 0 Å². The Balaban J connectivity index is 1.97. The lowest BCUT2D eigenvalue weighted by Gasteiger charge is -2.43. The van der Waals surface area contributed by atoms with Crippen LogP contribution in [0.1, 0.15) is 64.2 Å². The van der Waals surface area contributed by atoms with Crippen LogP contribution in [-0.4, -0.2) is 12.6 Å². The second-order valence-corrected chi connectivity index (χ2v) is 8.05. The lowest BCUT2D eigenvalue weighted by atomic mass is 9.65. The molecular formula is C18H31NS. The van der Waals surface area contributed by atoms with Crippen LogP contribution in [0.4, 0.5) is 0 Å². The van der Waals surface area contributed by atoms with Gasteiger partial charge in [-0.15, -0.1) is 11.3 Å². The van der Waals surface area contributed by atoms with Gasteiger partial charge in [-0.1, -0.05) is 39.7 Å². The third kappa shape index (κ3) is 4.33. The maximum Gasteiger partial charge on any atom is 0.0104 e. The van der Waals surface area contributed by atoms with Crippen molar-refractivity contribution in [2.45, 2.75) is 71.8 Å². The maximum absolute atomic E-state index is 3.86. The Morgan fingerprint density at radius 3 is 2.90 bits per heavy atom. The lowest BCUT2D eigenvalue weighted by molar-refractivity contribution is 0.0948. The number of hydrogen-bond donors (Lipinski definition) is 1. The van der Waals surface area contributed by atoms with E-state index in [0.29, 0.717) is 11.5 Å². The standard InChI is InChI=1S/C18H31NS/c1-4-13-19-17(11-10-15-8-7-14-20-15)16-9-5-6-12-18(16,2)3/h7-8,14,16-17,19H,4-6,9-13H2,1-3H3. The van der Waals surface area contributed by atoms with Crippen LogP contribution in [0.5, 0.6) is 0 Å². The number of thiophene rings is 1. The van der Waals surface area contributed by atoms with Gasteiger partial charge in [0.05, 0.1) is 0 Å². The molecular weight excluding hydrogens is 262 g/mol. The molecule has 1 fully saturated rings. The third-order valence-corrected chi connectivity index (χ3v) is 5.95. The van der Waals surface area contributed by atoms with E-state index < -0.39 is 0 Å². The number of rotatable bonds is 7. The van der Waals surface area contributed by atoms with E-state index in [1.807, 2.05) is 11.3 Å². The monoisotopic (exact) mass is 293 g/mol. The molecule has 1 aliphatic carbocycles. The molecule has 0 amide bonds. The van der Waals surface area contributed by atoms with Gasteiger partial charge in [-0.3, -0.25) is 0 Å². The molecule has 2 rings (SSSR count). The van der Waals surface area contributed by atoms with Gasteiger partial charge >= 0.3 is 0 Å². The van der Waals surface area contributed by atoms with E-state index in [-0.39, 0.29) is 0 Å². The second-order valence-electron chi connectivity index (χ2n) is 7.02. The summed E-state index contributed by atoms with van der Waals surface area (Å²) < 4.78 is 0. The first kappa shape index (κ1) is 16.0. The highest BCUT2D eigenvalue weighted by molar-refractivity contribution is 7.09. The van der Waals surface area contributed by atoms with Crippen molar-refractivity contribution in [3.05, 3.63) is 22.4 Å². The maximum atomic E-state index is 3.86. The van der Waals surface area contributed by atoms with Crippen LogP contribution in [0.25, 0.3) is 0 Å². The molecule has 2 heteroatoms. The zero-order valence-corrected chi connectivity index (χ0v) is 14.3. The molecule has 0 bridgehead atoms. The van der Waals surface area contributed by atoms with Crippen LogP contribution in [0.15, 0.2) is 17.5 Å². The number of hydrogen-bond acceptors (Lipinski definition) is 2. The van der Waals surface area contributed by atoms with E-state index in [4.69, 9.17) is 0 Å².